The van der Waals surface area contributed by atoms with E-state index in [1.165, 1.54) is 24.9 Å². The van der Waals surface area contributed by atoms with E-state index in [0.29, 0.717) is 18.2 Å². The molecule has 0 aromatic heterocycles. The van der Waals surface area contributed by atoms with E-state index in [2.05, 4.69) is 43.6 Å². The molecular formula is C19H21BrN4O3. The SMILES string of the molecule is CNC(=O)c1cc([N+](=O)[O-])ccc1NCC1CCN(c2cccc(Br)c2)C1. The number of carbonyl (C=O) groups excluding carboxylic acids is 1. The fourth-order valence-corrected chi connectivity index (χ4v) is 3.67. The predicted molar refractivity (Wildman–Crippen MR) is 109 cm³/mol. The Kier molecular flexibility index (Phi) is 5.95. The van der Waals surface area contributed by atoms with Gasteiger partial charge in [-0.25, -0.2) is 0 Å². The van der Waals surface area contributed by atoms with Crippen molar-refractivity contribution in [3.8, 4) is 0 Å². The molecule has 0 saturated carbocycles. The first-order chi connectivity index (χ1) is 13.0. The van der Waals surface area contributed by atoms with E-state index >= 15 is 0 Å². The van der Waals surface area contributed by atoms with Crippen molar-refractivity contribution in [1.82, 2.24) is 5.32 Å². The number of nitrogens with one attached hydrogen (secondary N) is 2. The van der Waals surface area contributed by atoms with Gasteiger partial charge < -0.3 is 15.5 Å². The van der Waals surface area contributed by atoms with Crippen LogP contribution in [0, 0.1) is 16.0 Å². The minimum Gasteiger partial charge on any atom is -0.384 e. The van der Waals surface area contributed by atoms with E-state index in [-0.39, 0.29) is 17.2 Å². The van der Waals surface area contributed by atoms with E-state index in [9.17, 15) is 14.9 Å². The molecule has 8 heteroatoms. The summed E-state index contributed by atoms with van der Waals surface area (Å²) in [6.45, 7) is 2.60. The van der Waals surface area contributed by atoms with Crippen molar-refractivity contribution in [1.29, 1.82) is 0 Å². The molecule has 1 amide bonds. The van der Waals surface area contributed by atoms with Crippen LogP contribution in [0.2, 0.25) is 0 Å². The zero-order valence-corrected chi connectivity index (χ0v) is 16.5. The summed E-state index contributed by atoms with van der Waals surface area (Å²) >= 11 is 3.51. The minimum absolute atomic E-state index is 0.0964. The summed E-state index contributed by atoms with van der Waals surface area (Å²) in [4.78, 5) is 24.9. The van der Waals surface area contributed by atoms with E-state index < -0.39 is 4.92 Å². The Morgan fingerprint density at radius 2 is 2.15 bits per heavy atom. The van der Waals surface area contributed by atoms with Crippen LogP contribution in [0.5, 0.6) is 0 Å². The summed E-state index contributed by atoms with van der Waals surface area (Å²) < 4.78 is 1.06. The van der Waals surface area contributed by atoms with Crippen LogP contribution < -0.4 is 15.5 Å². The highest BCUT2D eigenvalue weighted by Crippen LogP contribution is 2.27. The van der Waals surface area contributed by atoms with Crippen LogP contribution in [0.4, 0.5) is 17.1 Å². The van der Waals surface area contributed by atoms with Crippen LogP contribution in [0.25, 0.3) is 0 Å². The van der Waals surface area contributed by atoms with Gasteiger partial charge in [0.2, 0.25) is 0 Å². The summed E-state index contributed by atoms with van der Waals surface area (Å²) in [6, 6.07) is 12.6. The number of anilines is 2. The Morgan fingerprint density at radius 3 is 2.85 bits per heavy atom. The number of rotatable bonds is 6. The van der Waals surface area contributed by atoms with Crippen molar-refractivity contribution < 1.29 is 9.72 Å². The van der Waals surface area contributed by atoms with Gasteiger partial charge in [-0.05, 0) is 36.6 Å². The van der Waals surface area contributed by atoms with Gasteiger partial charge in [0, 0.05) is 54.7 Å². The molecular weight excluding hydrogens is 412 g/mol. The fraction of sp³-hybridized carbons (Fsp3) is 0.316. The number of benzene rings is 2. The maximum atomic E-state index is 12.1. The molecule has 2 N–H and O–H groups in total. The standard InChI is InChI=1S/C19H21BrN4O3/c1-21-19(25)17-10-16(24(26)27)5-6-18(17)22-11-13-7-8-23(12-13)15-4-2-3-14(20)9-15/h2-6,9-10,13,22H,7-8,11-12H2,1H3,(H,21,25). The highest BCUT2D eigenvalue weighted by atomic mass is 79.9. The molecule has 0 aliphatic carbocycles. The topological polar surface area (TPSA) is 87.5 Å². The third kappa shape index (κ3) is 4.57. The largest absolute Gasteiger partial charge is 0.384 e. The lowest BCUT2D eigenvalue weighted by molar-refractivity contribution is -0.384. The number of nitro groups is 1. The van der Waals surface area contributed by atoms with Crippen LogP contribution >= 0.6 is 15.9 Å². The van der Waals surface area contributed by atoms with Crippen molar-refractivity contribution in [2.75, 3.05) is 36.9 Å². The number of amides is 1. The number of hydrogen-bond acceptors (Lipinski definition) is 5. The normalized spacial score (nSPS) is 16.2. The second-order valence-electron chi connectivity index (χ2n) is 6.53. The van der Waals surface area contributed by atoms with Gasteiger partial charge in [-0.3, -0.25) is 14.9 Å². The van der Waals surface area contributed by atoms with Gasteiger partial charge in [-0.2, -0.15) is 0 Å². The lowest BCUT2D eigenvalue weighted by Crippen LogP contribution is -2.24. The van der Waals surface area contributed by atoms with Crippen molar-refractivity contribution >= 4 is 38.9 Å². The minimum atomic E-state index is -0.497. The van der Waals surface area contributed by atoms with Gasteiger partial charge >= 0.3 is 0 Å². The summed E-state index contributed by atoms with van der Waals surface area (Å²) in [5.41, 5.74) is 1.99. The molecule has 2 aromatic rings. The number of nitrogens with zero attached hydrogens (tertiary/aromatic N) is 2. The number of halogens is 1. The summed E-state index contributed by atoms with van der Waals surface area (Å²) in [5, 5.41) is 16.8. The molecule has 1 unspecified atom stereocenters. The molecule has 1 aliphatic heterocycles. The first kappa shape index (κ1) is 19.2. The van der Waals surface area contributed by atoms with Crippen LogP contribution in [0.3, 0.4) is 0 Å². The Hall–Kier alpha value is -2.61. The molecule has 1 saturated heterocycles. The monoisotopic (exact) mass is 432 g/mol. The third-order valence-corrected chi connectivity index (χ3v) is 5.22. The van der Waals surface area contributed by atoms with Crippen molar-refractivity contribution in [2.24, 2.45) is 5.92 Å². The summed E-state index contributed by atoms with van der Waals surface area (Å²) in [5.74, 6) is 0.0834. The highest BCUT2D eigenvalue weighted by molar-refractivity contribution is 9.10. The van der Waals surface area contributed by atoms with E-state index in [0.717, 1.165) is 24.0 Å². The zero-order valence-electron chi connectivity index (χ0n) is 14.9. The molecule has 2 aromatic carbocycles. The third-order valence-electron chi connectivity index (χ3n) is 4.73. The molecule has 27 heavy (non-hydrogen) atoms. The smallest absolute Gasteiger partial charge is 0.270 e. The molecule has 1 aliphatic rings. The second kappa shape index (κ2) is 8.39. The maximum absolute atomic E-state index is 12.1. The number of non-ortho nitro benzene ring substituents is 1. The van der Waals surface area contributed by atoms with Gasteiger partial charge in [0.15, 0.2) is 0 Å². The summed E-state index contributed by atoms with van der Waals surface area (Å²) in [7, 11) is 1.51. The molecule has 1 heterocycles. The molecule has 1 atom stereocenters. The zero-order chi connectivity index (χ0) is 19.4. The van der Waals surface area contributed by atoms with Gasteiger partial charge in [0.1, 0.15) is 0 Å². The van der Waals surface area contributed by atoms with E-state index in [1.807, 2.05) is 12.1 Å². The van der Waals surface area contributed by atoms with Crippen LogP contribution in [0.1, 0.15) is 16.8 Å². The van der Waals surface area contributed by atoms with Crippen molar-refractivity contribution in [2.45, 2.75) is 6.42 Å². The quantitative estimate of drug-likeness (QED) is 0.537. The fourth-order valence-electron chi connectivity index (χ4n) is 3.28. The lowest BCUT2D eigenvalue weighted by atomic mass is 10.1. The lowest BCUT2D eigenvalue weighted by Gasteiger charge is -2.19. The molecule has 0 spiro atoms. The molecule has 7 nitrogen and oxygen atoms in total. The van der Waals surface area contributed by atoms with Crippen LogP contribution in [-0.2, 0) is 0 Å². The van der Waals surface area contributed by atoms with E-state index in [1.54, 1.807) is 6.07 Å². The molecule has 142 valence electrons. The molecule has 0 radical (unpaired) electrons. The van der Waals surface area contributed by atoms with Crippen LogP contribution in [0.15, 0.2) is 46.9 Å². The molecule has 3 rings (SSSR count). The molecule has 0 bridgehead atoms. The van der Waals surface area contributed by atoms with E-state index in [4.69, 9.17) is 0 Å². The Balaban J connectivity index is 1.66. The number of carbonyl (C=O) groups is 1. The number of nitro benzene ring substituents is 1. The first-order valence-corrected chi connectivity index (χ1v) is 9.52. The Bertz CT molecular complexity index is 859. The van der Waals surface area contributed by atoms with Gasteiger partial charge in [-0.1, -0.05) is 22.0 Å². The Morgan fingerprint density at radius 1 is 1.33 bits per heavy atom. The highest BCUT2D eigenvalue weighted by Gasteiger charge is 2.23. The van der Waals surface area contributed by atoms with Crippen molar-refractivity contribution in [3.63, 3.8) is 0 Å². The Labute approximate surface area is 166 Å². The predicted octanol–water partition coefficient (Wildman–Crippen LogP) is 3.66. The van der Waals surface area contributed by atoms with Crippen LogP contribution in [-0.4, -0.2) is 37.5 Å². The van der Waals surface area contributed by atoms with Gasteiger partial charge in [0.25, 0.3) is 11.6 Å². The van der Waals surface area contributed by atoms with Crippen molar-refractivity contribution in [3.05, 3.63) is 62.6 Å². The van der Waals surface area contributed by atoms with Gasteiger partial charge in [0.05, 0.1) is 10.5 Å². The summed E-state index contributed by atoms with van der Waals surface area (Å²) in [6.07, 6.45) is 1.04. The number of hydrogen-bond donors (Lipinski definition) is 2. The van der Waals surface area contributed by atoms with Gasteiger partial charge in [-0.15, -0.1) is 0 Å². The average molecular weight is 433 g/mol. The first-order valence-electron chi connectivity index (χ1n) is 8.73. The second-order valence-corrected chi connectivity index (χ2v) is 7.44. The molecule has 1 fully saturated rings. The maximum Gasteiger partial charge on any atom is 0.270 e. The average Bonchev–Trinajstić information content (AvgIpc) is 3.14.